The van der Waals surface area contributed by atoms with Crippen molar-refractivity contribution in [3.05, 3.63) is 0 Å². The maximum atomic E-state index is 10.0. The molecule has 0 fully saturated rings. The molecule has 2 amide bonds. The first kappa shape index (κ1) is 6.81. The van der Waals surface area contributed by atoms with Gasteiger partial charge in [-0.2, -0.15) is 0 Å². The molecule has 0 saturated heterocycles. The van der Waals surface area contributed by atoms with Crippen LogP contribution in [0.3, 0.4) is 0 Å². The fraction of sp³-hybridized carbons (Fsp3) is 0.250. The van der Waals surface area contributed by atoms with Crippen molar-refractivity contribution in [1.82, 2.24) is 0 Å². The van der Waals surface area contributed by atoms with Gasteiger partial charge in [-0.25, -0.2) is 4.99 Å². The predicted octanol–water partition coefficient (Wildman–Crippen LogP) is -0.911. The molecular formula is C4H6N2O2. The normalized spacial score (nSPS) is 10.9. The second-order valence-electron chi connectivity index (χ2n) is 1.18. The SMILES string of the molecule is CC(=NC=O)C(N)=O. The van der Waals surface area contributed by atoms with Gasteiger partial charge in [0.05, 0.1) is 0 Å². The van der Waals surface area contributed by atoms with Crippen LogP contribution in [0.2, 0.25) is 0 Å². The molecule has 0 unspecified atom stereocenters. The quantitative estimate of drug-likeness (QED) is 0.373. The fourth-order valence-electron chi connectivity index (χ4n) is 0.143. The largest absolute Gasteiger partial charge is 0.365 e. The number of hydrogen-bond acceptors (Lipinski definition) is 2. The Morgan fingerprint density at radius 3 is 2.38 bits per heavy atom. The lowest BCUT2D eigenvalue weighted by molar-refractivity contribution is -0.112. The highest BCUT2D eigenvalue weighted by Crippen LogP contribution is 1.69. The Kier molecular flexibility index (Phi) is 2.47. The summed E-state index contributed by atoms with van der Waals surface area (Å²) in [5, 5.41) is 0. The molecule has 0 aromatic carbocycles. The zero-order valence-electron chi connectivity index (χ0n) is 4.42. The summed E-state index contributed by atoms with van der Waals surface area (Å²) in [5.41, 5.74) is 4.72. The van der Waals surface area contributed by atoms with Crippen molar-refractivity contribution in [2.75, 3.05) is 0 Å². The third-order valence-electron chi connectivity index (χ3n) is 0.603. The van der Waals surface area contributed by atoms with Crippen molar-refractivity contribution in [1.29, 1.82) is 0 Å². The van der Waals surface area contributed by atoms with E-state index in [9.17, 15) is 9.59 Å². The molecule has 0 rings (SSSR count). The molecule has 44 valence electrons. The lowest BCUT2D eigenvalue weighted by Crippen LogP contribution is -2.20. The van der Waals surface area contributed by atoms with E-state index in [0.29, 0.717) is 0 Å². The summed E-state index contributed by atoms with van der Waals surface area (Å²) in [4.78, 5) is 22.6. The molecular weight excluding hydrogens is 108 g/mol. The Bertz CT molecular complexity index is 139. The molecule has 8 heavy (non-hydrogen) atoms. The van der Waals surface area contributed by atoms with Crippen LogP contribution in [0.1, 0.15) is 6.92 Å². The second kappa shape index (κ2) is 2.90. The van der Waals surface area contributed by atoms with Gasteiger partial charge in [-0.05, 0) is 6.92 Å². The maximum Gasteiger partial charge on any atom is 0.262 e. The molecule has 0 aliphatic carbocycles. The van der Waals surface area contributed by atoms with Crippen molar-refractivity contribution in [3.63, 3.8) is 0 Å². The van der Waals surface area contributed by atoms with Crippen LogP contribution in [0.5, 0.6) is 0 Å². The van der Waals surface area contributed by atoms with Crippen LogP contribution in [0.15, 0.2) is 4.99 Å². The van der Waals surface area contributed by atoms with Gasteiger partial charge >= 0.3 is 0 Å². The summed E-state index contributed by atoms with van der Waals surface area (Å²) in [7, 11) is 0. The molecule has 4 nitrogen and oxygen atoms in total. The first-order valence-corrected chi connectivity index (χ1v) is 1.96. The topological polar surface area (TPSA) is 72.5 Å². The van der Waals surface area contributed by atoms with Gasteiger partial charge in [0.2, 0.25) is 6.41 Å². The number of carbonyl (C=O) groups is 2. The molecule has 0 aliphatic heterocycles. The van der Waals surface area contributed by atoms with Crippen LogP contribution < -0.4 is 5.73 Å². The van der Waals surface area contributed by atoms with Crippen molar-refractivity contribution in [2.45, 2.75) is 6.92 Å². The minimum atomic E-state index is -0.669. The smallest absolute Gasteiger partial charge is 0.262 e. The minimum absolute atomic E-state index is 0.0278. The van der Waals surface area contributed by atoms with Gasteiger partial charge < -0.3 is 5.73 Å². The average molecular weight is 114 g/mol. The molecule has 0 aromatic heterocycles. The number of nitrogens with two attached hydrogens (primary N) is 1. The third-order valence-corrected chi connectivity index (χ3v) is 0.603. The molecule has 0 radical (unpaired) electrons. The summed E-state index contributed by atoms with van der Waals surface area (Å²) in [6, 6.07) is 0. The lowest BCUT2D eigenvalue weighted by Gasteiger charge is -1.83. The van der Waals surface area contributed by atoms with E-state index >= 15 is 0 Å². The lowest BCUT2D eigenvalue weighted by atomic mass is 10.4. The van der Waals surface area contributed by atoms with Crippen LogP contribution in [-0.2, 0) is 9.59 Å². The van der Waals surface area contributed by atoms with Crippen LogP contribution in [0, 0.1) is 0 Å². The molecule has 4 heteroatoms. The monoisotopic (exact) mass is 114 g/mol. The van der Waals surface area contributed by atoms with Gasteiger partial charge in [0, 0.05) is 0 Å². The summed E-state index contributed by atoms with van der Waals surface area (Å²) in [6.45, 7) is 1.37. The molecule has 0 heterocycles. The van der Waals surface area contributed by atoms with E-state index in [-0.39, 0.29) is 12.1 Å². The van der Waals surface area contributed by atoms with E-state index in [0.717, 1.165) is 0 Å². The van der Waals surface area contributed by atoms with Gasteiger partial charge in [0.25, 0.3) is 5.91 Å². The van der Waals surface area contributed by atoms with Crippen LogP contribution in [0.25, 0.3) is 0 Å². The number of amides is 2. The molecule has 0 atom stereocenters. The highest BCUT2D eigenvalue weighted by atomic mass is 16.1. The minimum Gasteiger partial charge on any atom is -0.365 e. The highest BCUT2D eigenvalue weighted by molar-refractivity contribution is 6.38. The number of hydrogen-bond donors (Lipinski definition) is 1. The van der Waals surface area contributed by atoms with Crippen molar-refractivity contribution >= 4 is 18.0 Å². The van der Waals surface area contributed by atoms with E-state index in [1.54, 1.807) is 0 Å². The van der Waals surface area contributed by atoms with Crippen molar-refractivity contribution in [2.24, 2.45) is 10.7 Å². The van der Waals surface area contributed by atoms with Crippen LogP contribution in [0.4, 0.5) is 0 Å². The molecule has 0 aliphatic rings. The first-order chi connectivity index (χ1) is 3.68. The molecule has 2 N–H and O–H groups in total. The zero-order chi connectivity index (χ0) is 6.57. The summed E-state index contributed by atoms with van der Waals surface area (Å²) in [6.07, 6.45) is 0.278. The highest BCUT2D eigenvalue weighted by Gasteiger charge is 1.94. The number of carbonyl (C=O) groups excluding carboxylic acids is 2. The number of rotatable bonds is 2. The number of nitrogens with zero attached hydrogens (tertiary/aromatic N) is 1. The maximum absolute atomic E-state index is 10.0. The van der Waals surface area contributed by atoms with E-state index < -0.39 is 5.91 Å². The van der Waals surface area contributed by atoms with Gasteiger partial charge in [0.15, 0.2) is 0 Å². The Hall–Kier alpha value is -1.19. The number of primary amides is 1. The van der Waals surface area contributed by atoms with Crippen LogP contribution in [-0.4, -0.2) is 18.0 Å². The van der Waals surface area contributed by atoms with Gasteiger partial charge in [-0.1, -0.05) is 0 Å². The molecule has 0 spiro atoms. The van der Waals surface area contributed by atoms with Gasteiger partial charge in [0.1, 0.15) is 5.71 Å². The number of aliphatic imine (C=N–C) groups is 1. The Balaban J connectivity index is 3.99. The Morgan fingerprint density at radius 2 is 2.25 bits per heavy atom. The predicted molar refractivity (Wildman–Crippen MR) is 28.4 cm³/mol. The van der Waals surface area contributed by atoms with Gasteiger partial charge in [-0.3, -0.25) is 9.59 Å². The van der Waals surface area contributed by atoms with Crippen LogP contribution >= 0.6 is 0 Å². The Labute approximate surface area is 46.4 Å². The summed E-state index contributed by atoms with van der Waals surface area (Å²) in [5.74, 6) is -0.669. The van der Waals surface area contributed by atoms with Crippen molar-refractivity contribution < 1.29 is 9.59 Å². The standard InChI is InChI=1S/C4H6N2O2/c1-3(4(5)8)6-2-7/h2H,1H3,(H2,5,8). The van der Waals surface area contributed by atoms with E-state index in [1.807, 2.05) is 0 Å². The van der Waals surface area contributed by atoms with E-state index in [2.05, 4.69) is 4.99 Å². The van der Waals surface area contributed by atoms with Gasteiger partial charge in [-0.15, -0.1) is 0 Å². The summed E-state index contributed by atoms with van der Waals surface area (Å²) < 4.78 is 0. The average Bonchev–Trinajstić information content (AvgIpc) is 1.67. The Morgan fingerprint density at radius 1 is 1.75 bits per heavy atom. The second-order valence-corrected chi connectivity index (χ2v) is 1.18. The molecule has 0 bridgehead atoms. The molecule has 0 saturated carbocycles. The third kappa shape index (κ3) is 2.07. The van der Waals surface area contributed by atoms with E-state index in [1.165, 1.54) is 6.92 Å². The summed E-state index contributed by atoms with van der Waals surface area (Å²) >= 11 is 0. The first-order valence-electron chi connectivity index (χ1n) is 1.96. The fourth-order valence-corrected chi connectivity index (χ4v) is 0.143. The zero-order valence-corrected chi connectivity index (χ0v) is 4.42. The van der Waals surface area contributed by atoms with Crippen molar-refractivity contribution in [3.8, 4) is 0 Å². The van der Waals surface area contributed by atoms with E-state index in [4.69, 9.17) is 5.73 Å². The molecule has 0 aromatic rings.